The van der Waals surface area contributed by atoms with Crippen LogP contribution < -0.4 is 16.6 Å². The van der Waals surface area contributed by atoms with Gasteiger partial charge in [-0.05, 0) is 38.3 Å². The van der Waals surface area contributed by atoms with E-state index in [1.807, 2.05) is 6.07 Å². The zero-order valence-electron chi connectivity index (χ0n) is 15.6. The van der Waals surface area contributed by atoms with E-state index in [9.17, 15) is 14.4 Å². The third-order valence-electron chi connectivity index (χ3n) is 4.93. The first-order valence-electron chi connectivity index (χ1n) is 9.37. The van der Waals surface area contributed by atoms with Gasteiger partial charge in [0.05, 0.1) is 0 Å². The number of amides is 1. The van der Waals surface area contributed by atoms with Gasteiger partial charge >= 0.3 is 5.69 Å². The summed E-state index contributed by atoms with van der Waals surface area (Å²) in [7, 11) is 0. The lowest BCUT2D eigenvalue weighted by molar-refractivity contribution is -0.122. The van der Waals surface area contributed by atoms with Crippen molar-refractivity contribution in [1.82, 2.24) is 19.8 Å². The SMILES string of the molecule is Cc1cn(CC(=O)N[C@@H]2CCCN(CCc3ccccc3)C2)c(=O)[nH]c1=O. The van der Waals surface area contributed by atoms with Crippen LogP contribution in [0, 0.1) is 6.92 Å². The lowest BCUT2D eigenvalue weighted by Crippen LogP contribution is -2.49. The van der Waals surface area contributed by atoms with Crippen LogP contribution in [0.15, 0.2) is 46.1 Å². The van der Waals surface area contributed by atoms with E-state index < -0.39 is 11.2 Å². The number of carbonyl (C=O) groups excluding carboxylic acids is 1. The molecule has 0 radical (unpaired) electrons. The summed E-state index contributed by atoms with van der Waals surface area (Å²) in [4.78, 5) is 40.2. The minimum atomic E-state index is -0.561. The Balaban J connectivity index is 1.51. The number of nitrogens with one attached hydrogen (secondary N) is 2. The van der Waals surface area contributed by atoms with Crippen LogP contribution in [0.1, 0.15) is 24.0 Å². The van der Waals surface area contributed by atoms with Gasteiger partial charge in [0.2, 0.25) is 5.91 Å². The molecule has 2 N–H and O–H groups in total. The van der Waals surface area contributed by atoms with Crippen LogP contribution in [0.25, 0.3) is 0 Å². The summed E-state index contributed by atoms with van der Waals surface area (Å²) in [5.41, 5.74) is 0.746. The van der Waals surface area contributed by atoms with E-state index in [0.717, 1.165) is 38.9 Å². The minimum Gasteiger partial charge on any atom is -0.351 e. The number of aryl methyl sites for hydroxylation is 1. The fourth-order valence-electron chi connectivity index (χ4n) is 3.47. The summed E-state index contributed by atoms with van der Waals surface area (Å²) in [5.74, 6) is -0.210. The van der Waals surface area contributed by atoms with Gasteiger partial charge in [-0.2, -0.15) is 0 Å². The standard InChI is InChI=1S/C20H26N4O3/c1-15-12-24(20(27)22-19(15)26)14-18(25)21-17-8-5-10-23(13-17)11-9-16-6-3-2-4-7-16/h2-4,6-7,12,17H,5,8-11,13-14H2,1H3,(H,21,25)(H,22,26,27)/t17-/m1/s1. The van der Waals surface area contributed by atoms with Crippen molar-refractivity contribution in [2.75, 3.05) is 19.6 Å². The molecule has 2 heterocycles. The molecule has 1 saturated heterocycles. The fourth-order valence-corrected chi connectivity index (χ4v) is 3.47. The highest BCUT2D eigenvalue weighted by molar-refractivity contribution is 5.76. The Labute approximate surface area is 158 Å². The van der Waals surface area contributed by atoms with Crippen LogP contribution in [-0.2, 0) is 17.8 Å². The molecular formula is C20H26N4O3. The first kappa shape index (κ1) is 19.1. The molecule has 144 valence electrons. The zero-order valence-corrected chi connectivity index (χ0v) is 15.6. The molecule has 0 bridgehead atoms. The Morgan fingerprint density at radius 2 is 2.04 bits per heavy atom. The van der Waals surface area contributed by atoms with Crippen molar-refractivity contribution in [2.24, 2.45) is 0 Å². The van der Waals surface area contributed by atoms with Crippen molar-refractivity contribution < 1.29 is 4.79 Å². The molecular weight excluding hydrogens is 344 g/mol. The Kier molecular flexibility index (Phi) is 6.24. The molecule has 7 heteroatoms. The van der Waals surface area contributed by atoms with Gasteiger partial charge in [-0.25, -0.2) is 4.79 Å². The van der Waals surface area contributed by atoms with E-state index in [4.69, 9.17) is 0 Å². The second kappa shape index (κ2) is 8.81. The number of nitrogens with zero attached hydrogens (tertiary/aromatic N) is 2. The summed E-state index contributed by atoms with van der Waals surface area (Å²) in [6, 6.07) is 10.5. The number of likely N-dealkylation sites (tertiary alicyclic amines) is 1. The van der Waals surface area contributed by atoms with E-state index in [1.54, 1.807) is 6.92 Å². The molecule has 0 aliphatic carbocycles. The first-order chi connectivity index (χ1) is 13.0. The van der Waals surface area contributed by atoms with Crippen LogP contribution in [0.4, 0.5) is 0 Å². The van der Waals surface area contributed by atoms with Crippen molar-refractivity contribution in [2.45, 2.75) is 38.8 Å². The van der Waals surface area contributed by atoms with Gasteiger partial charge in [-0.1, -0.05) is 30.3 Å². The molecule has 1 amide bonds. The zero-order chi connectivity index (χ0) is 19.2. The number of rotatable bonds is 6. The van der Waals surface area contributed by atoms with Gasteiger partial charge in [0, 0.05) is 30.9 Å². The Hall–Kier alpha value is -2.67. The summed E-state index contributed by atoms with van der Waals surface area (Å²) in [6.07, 6.45) is 4.39. The van der Waals surface area contributed by atoms with Crippen LogP contribution in [0.3, 0.4) is 0 Å². The van der Waals surface area contributed by atoms with Crippen molar-refractivity contribution >= 4 is 5.91 Å². The predicted molar refractivity (Wildman–Crippen MR) is 104 cm³/mol. The number of hydrogen-bond acceptors (Lipinski definition) is 4. The molecule has 2 aromatic rings. The lowest BCUT2D eigenvalue weighted by Gasteiger charge is -2.33. The molecule has 1 fully saturated rings. The quantitative estimate of drug-likeness (QED) is 0.782. The maximum Gasteiger partial charge on any atom is 0.328 e. The molecule has 7 nitrogen and oxygen atoms in total. The Morgan fingerprint density at radius 1 is 1.26 bits per heavy atom. The topological polar surface area (TPSA) is 87.2 Å². The van der Waals surface area contributed by atoms with E-state index >= 15 is 0 Å². The van der Waals surface area contributed by atoms with Gasteiger partial charge < -0.3 is 10.2 Å². The number of aromatic amines is 1. The summed E-state index contributed by atoms with van der Waals surface area (Å²) in [5, 5.41) is 3.02. The van der Waals surface area contributed by atoms with Crippen molar-refractivity contribution in [3.63, 3.8) is 0 Å². The fraction of sp³-hybridized carbons (Fsp3) is 0.450. The molecule has 0 spiro atoms. The third kappa shape index (κ3) is 5.40. The minimum absolute atomic E-state index is 0.0848. The smallest absolute Gasteiger partial charge is 0.328 e. The molecule has 0 unspecified atom stereocenters. The van der Waals surface area contributed by atoms with Gasteiger partial charge in [-0.15, -0.1) is 0 Å². The number of hydrogen-bond donors (Lipinski definition) is 2. The maximum absolute atomic E-state index is 12.3. The normalized spacial score (nSPS) is 17.6. The predicted octanol–water partition coefficient (Wildman–Crippen LogP) is 0.668. The van der Waals surface area contributed by atoms with E-state index in [0.29, 0.717) is 5.56 Å². The lowest BCUT2D eigenvalue weighted by atomic mass is 10.0. The number of H-pyrrole nitrogens is 1. The second-order valence-electron chi connectivity index (χ2n) is 7.14. The molecule has 3 rings (SSSR count). The van der Waals surface area contributed by atoms with Crippen molar-refractivity contribution in [3.8, 4) is 0 Å². The summed E-state index contributed by atoms with van der Waals surface area (Å²) in [6.45, 7) is 4.35. The van der Waals surface area contributed by atoms with Gasteiger partial charge in [0.15, 0.2) is 0 Å². The van der Waals surface area contributed by atoms with Crippen LogP contribution >= 0.6 is 0 Å². The average Bonchev–Trinajstić information content (AvgIpc) is 2.65. The molecule has 1 aromatic heterocycles. The van der Waals surface area contributed by atoms with Crippen LogP contribution in [-0.4, -0.2) is 46.0 Å². The number of carbonyl (C=O) groups is 1. The highest BCUT2D eigenvalue weighted by Gasteiger charge is 2.21. The van der Waals surface area contributed by atoms with E-state index in [2.05, 4.69) is 39.5 Å². The number of benzene rings is 1. The van der Waals surface area contributed by atoms with Gasteiger partial charge in [-0.3, -0.25) is 19.1 Å². The summed E-state index contributed by atoms with van der Waals surface area (Å²) >= 11 is 0. The average molecular weight is 370 g/mol. The van der Waals surface area contributed by atoms with Gasteiger partial charge in [0.1, 0.15) is 6.54 Å². The molecule has 1 aliphatic heterocycles. The Bertz CT molecular complexity index is 888. The molecule has 0 saturated carbocycles. The highest BCUT2D eigenvalue weighted by atomic mass is 16.2. The maximum atomic E-state index is 12.3. The molecule has 27 heavy (non-hydrogen) atoms. The molecule has 1 aliphatic rings. The van der Waals surface area contributed by atoms with Crippen molar-refractivity contribution in [3.05, 3.63) is 68.5 Å². The first-order valence-corrected chi connectivity index (χ1v) is 9.37. The largest absolute Gasteiger partial charge is 0.351 e. The Morgan fingerprint density at radius 3 is 2.81 bits per heavy atom. The van der Waals surface area contributed by atoms with Crippen LogP contribution in [0.2, 0.25) is 0 Å². The third-order valence-corrected chi connectivity index (χ3v) is 4.93. The van der Waals surface area contributed by atoms with Gasteiger partial charge in [0.25, 0.3) is 5.56 Å². The monoisotopic (exact) mass is 370 g/mol. The van der Waals surface area contributed by atoms with E-state index in [1.165, 1.54) is 16.3 Å². The van der Waals surface area contributed by atoms with Crippen molar-refractivity contribution in [1.29, 1.82) is 0 Å². The highest BCUT2D eigenvalue weighted by Crippen LogP contribution is 2.11. The number of aromatic nitrogens is 2. The summed E-state index contributed by atoms with van der Waals surface area (Å²) < 4.78 is 1.24. The van der Waals surface area contributed by atoms with Crippen LogP contribution in [0.5, 0.6) is 0 Å². The van der Waals surface area contributed by atoms with E-state index in [-0.39, 0.29) is 18.5 Å². The molecule has 1 aromatic carbocycles. The number of piperidine rings is 1. The second-order valence-corrected chi connectivity index (χ2v) is 7.14. The molecule has 1 atom stereocenters.